The molecule has 2 aromatic carbocycles. The Morgan fingerprint density at radius 3 is 2.61 bits per heavy atom. The third kappa shape index (κ3) is 3.62. The first-order valence-electron chi connectivity index (χ1n) is 9.52. The van der Waals surface area contributed by atoms with Crippen LogP contribution >= 0.6 is 11.3 Å². The van der Waals surface area contributed by atoms with Crippen LogP contribution in [0.3, 0.4) is 0 Å². The molecule has 0 saturated carbocycles. The Kier molecular flexibility index (Phi) is 5.33. The van der Waals surface area contributed by atoms with Crippen molar-refractivity contribution < 1.29 is 9.18 Å². The van der Waals surface area contributed by atoms with E-state index in [4.69, 9.17) is 0 Å². The van der Waals surface area contributed by atoms with Crippen LogP contribution in [0.2, 0.25) is 0 Å². The largest absolute Gasteiger partial charge is 0.369 e. The van der Waals surface area contributed by atoms with Crippen LogP contribution in [-0.2, 0) is 6.54 Å². The Bertz CT molecular complexity index is 1010. The van der Waals surface area contributed by atoms with Gasteiger partial charge in [0, 0.05) is 48.5 Å². The molecule has 1 aromatic heterocycles. The lowest BCUT2D eigenvalue weighted by molar-refractivity contribution is 0.0954. The predicted molar refractivity (Wildman–Crippen MR) is 114 cm³/mol. The van der Waals surface area contributed by atoms with Crippen LogP contribution in [0.15, 0.2) is 42.5 Å². The quantitative estimate of drug-likeness (QED) is 0.722. The molecule has 146 valence electrons. The Morgan fingerprint density at radius 1 is 1.11 bits per heavy atom. The van der Waals surface area contributed by atoms with Crippen molar-refractivity contribution in [3.05, 3.63) is 64.3 Å². The van der Waals surface area contributed by atoms with Crippen LogP contribution in [0, 0.1) is 12.7 Å². The number of hydrogen-bond donors (Lipinski definition) is 1. The molecule has 4 rings (SSSR count). The van der Waals surface area contributed by atoms with E-state index in [2.05, 4.69) is 34.3 Å². The maximum Gasteiger partial charge on any atom is 0.261 e. The molecule has 1 fully saturated rings. The molecule has 3 aromatic rings. The van der Waals surface area contributed by atoms with Crippen LogP contribution in [0.4, 0.5) is 10.1 Å². The Labute approximate surface area is 168 Å². The van der Waals surface area contributed by atoms with Gasteiger partial charge in [-0.1, -0.05) is 24.3 Å². The number of nitrogens with one attached hydrogen (secondary N) is 1. The number of likely N-dealkylation sites (N-methyl/N-ethyl adjacent to an activating group) is 1. The van der Waals surface area contributed by atoms with Crippen molar-refractivity contribution >= 4 is 33.0 Å². The van der Waals surface area contributed by atoms with Gasteiger partial charge in [0.2, 0.25) is 0 Å². The molecule has 0 unspecified atom stereocenters. The van der Waals surface area contributed by atoms with Crippen molar-refractivity contribution in [2.24, 2.45) is 0 Å². The third-order valence-electron chi connectivity index (χ3n) is 5.38. The van der Waals surface area contributed by atoms with Gasteiger partial charge in [0.05, 0.1) is 4.88 Å². The van der Waals surface area contributed by atoms with Crippen molar-refractivity contribution in [2.75, 3.05) is 38.1 Å². The van der Waals surface area contributed by atoms with E-state index in [0.717, 1.165) is 36.4 Å². The number of anilines is 1. The van der Waals surface area contributed by atoms with Gasteiger partial charge in [0.1, 0.15) is 5.82 Å². The normalized spacial score (nSPS) is 15.2. The molecule has 1 aliphatic heterocycles. The van der Waals surface area contributed by atoms with Gasteiger partial charge in [-0.05, 0) is 43.3 Å². The number of benzene rings is 2. The van der Waals surface area contributed by atoms with Gasteiger partial charge in [-0.15, -0.1) is 11.3 Å². The molecule has 4 nitrogen and oxygen atoms in total. The summed E-state index contributed by atoms with van der Waals surface area (Å²) in [7, 11) is 2.14. The van der Waals surface area contributed by atoms with Crippen LogP contribution in [-0.4, -0.2) is 44.0 Å². The molecule has 6 heteroatoms. The zero-order valence-electron chi connectivity index (χ0n) is 16.2. The molecule has 0 radical (unpaired) electrons. The summed E-state index contributed by atoms with van der Waals surface area (Å²) in [4.78, 5) is 18.1. The number of halogens is 1. The molecule has 0 atom stereocenters. The number of amides is 1. The maximum absolute atomic E-state index is 14.1. The minimum absolute atomic E-state index is 0.147. The molecule has 1 N–H and O–H groups in total. The number of rotatable bonds is 4. The average Bonchev–Trinajstić information content (AvgIpc) is 3.05. The highest BCUT2D eigenvalue weighted by Crippen LogP contribution is 2.32. The zero-order chi connectivity index (χ0) is 19.7. The molecule has 1 saturated heterocycles. The molecule has 2 heterocycles. The highest BCUT2D eigenvalue weighted by Gasteiger charge is 2.19. The van der Waals surface area contributed by atoms with E-state index in [9.17, 15) is 9.18 Å². The fourth-order valence-electron chi connectivity index (χ4n) is 3.74. The Balaban J connectivity index is 1.52. The number of hydrogen-bond acceptors (Lipinski definition) is 4. The summed E-state index contributed by atoms with van der Waals surface area (Å²) in [6.45, 7) is 6.30. The SMILES string of the molecule is Cc1c(C(=O)NCc2ccccc2N2CCN(C)CC2)sc2cccc(F)c12. The first-order valence-corrected chi connectivity index (χ1v) is 10.3. The minimum atomic E-state index is -0.272. The fraction of sp³-hybridized carbons (Fsp3) is 0.318. The number of para-hydroxylation sites is 1. The topological polar surface area (TPSA) is 35.6 Å². The Morgan fingerprint density at radius 2 is 1.86 bits per heavy atom. The standard InChI is InChI=1S/C22H24FN3OS/c1-15-20-17(23)7-5-9-19(20)28-21(15)22(27)24-14-16-6-3-4-8-18(16)26-12-10-25(2)11-13-26/h3-9H,10-14H2,1-2H3,(H,24,27). The number of aryl methyl sites for hydroxylation is 1. The summed E-state index contributed by atoms with van der Waals surface area (Å²) in [5, 5.41) is 3.59. The average molecular weight is 398 g/mol. The molecule has 0 bridgehead atoms. The van der Waals surface area contributed by atoms with Gasteiger partial charge in [-0.25, -0.2) is 4.39 Å². The molecule has 1 amide bonds. The summed E-state index contributed by atoms with van der Waals surface area (Å²) >= 11 is 1.35. The summed E-state index contributed by atoms with van der Waals surface area (Å²) in [5.74, 6) is -0.419. The summed E-state index contributed by atoms with van der Waals surface area (Å²) in [5.41, 5.74) is 2.99. The molecule has 28 heavy (non-hydrogen) atoms. The second-order valence-electron chi connectivity index (χ2n) is 7.27. The maximum atomic E-state index is 14.1. The van der Waals surface area contributed by atoms with Crippen LogP contribution in [0.5, 0.6) is 0 Å². The lowest BCUT2D eigenvalue weighted by Gasteiger charge is -2.35. The minimum Gasteiger partial charge on any atom is -0.369 e. The third-order valence-corrected chi connectivity index (χ3v) is 6.64. The van der Waals surface area contributed by atoms with E-state index in [1.54, 1.807) is 6.07 Å². The Hall–Kier alpha value is -2.44. The first kappa shape index (κ1) is 18.9. The predicted octanol–water partition coefficient (Wildman–Crippen LogP) is 4.03. The summed E-state index contributed by atoms with van der Waals surface area (Å²) < 4.78 is 14.9. The van der Waals surface area contributed by atoms with Crippen molar-refractivity contribution in [2.45, 2.75) is 13.5 Å². The summed E-state index contributed by atoms with van der Waals surface area (Å²) in [6, 6.07) is 13.2. The van der Waals surface area contributed by atoms with E-state index in [-0.39, 0.29) is 11.7 Å². The van der Waals surface area contributed by atoms with Crippen LogP contribution in [0.1, 0.15) is 20.8 Å². The van der Waals surface area contributed by atoms with Gasteiger partial charge >= 0.3 is 0 Å². The monoisotopic (exact) mass is 397 g/mol. The summed E-state index contributed by atoms with van der Waals surface area (Å²) in [6.07, 6.45) is 0. The van der Waals surface area contributed by atoms with Crippen molar-refractivity contribution in [1.29, 1.82) is 0 Å². The highest BCUT2D eigenvalue weighted by molar-refractivity contribution is 7.21. The number of piperazine rings is 1. The van der Waals surface area contributed by atoms with Crippen molar-refractivity contribution in [3.8, 4) is 0 Å². The van der Waals surface area contributed by atoms with Crippen molar-refractivity contribution in [3.63, 3.8) is 0 Å². The van der Waals surface area contributed by atoms with Gasteiger partial charge < -0.3 is 15.1 Å². The first-order chi connectivity index (χ1) is 13.5. The molecule has 0 aliphatic carbocycles. The number of carbonyl (C=O) groups is 1. The molecular formula is C22H24FN3OS. The number of nitrogens with zero attached hydrogens (tertiary/aromatic N) is 2. The van der Waals surface area contributed by atoms with E-state index < -0.39 is 0 Å². The van der Waals surface area contributed by atoms with Crippen LogP contribution in [0.25, 0.3) is 10.1 Å². The van der Waals surface area contributed by atoms with Gasteiger partial charge in [0.15, 0.2) is 0 Å². The fourth-order valence-corrected chi connectivity index (χ4v) is 4.88. The van der Waals surface area contributed by atoms with Gasteiger partial charge in [0.25, 0.3) is 5.91 Å². The van der Waals surface area contributed by atoms with E-state index in [1.165, 1.54) is 23.1 Å². The van der Waals surface area contributed by atoms with E-state index >= 15 is 0 Å². The van der Waals surface area contributed by atoms with E-state index in [0.29, 0.717) is 22.4 Å². The lowest BCUT2D eigenvalue weighted by Crippen LogP contribution is -2.45. The molecule has 1 aliphatic rings. The van der Waals surface area contributed by atoms with Gasteiger partial charge in [-0.3, -0.25) is 4.79 Å². The van der Waals surface area contributed by atoms with Gasteiger partial charge in [-0.2, -0.15) is 0 Å². The van der Waals surface area contributed by atoms with Crippen LogP contribution < -0.4 is 10.2 Å². The second kappa shape index (κ2) is 7.89. The van der Waals surface area contributed by atoms with E-state index in [1.807, 2.05) is 25.1 Å². The second-order valence-corrected chi connectivity index (χ2v) is 8.32. The number of carbonyl (C=O) groups excluding carboxylic acids is 1. The smallest absolute Gasteiger partial charge is 0.261 e. The molecular weight excluding hydrogens is 373 g/mol. The van der Waals surface area contributed by atoms with Crippen molar-refractivity contribution in [1.82, 2.24) is 10.2 Å². The molecule has 0 spiro atoms. The number of thiophene rings is 1. The zero-order valence-corrected chi connectivity index (χ0v) is 17.0. The highest BCUT2D eigenvalue weighted by atomic mass is 32.1. The number of fused-ring (bicyclic) bond motifs is 1. The lowest BCUT2D eigenvalue weighted by atomic mass is 10.1.